The van der Waals surface area contributed by atoms with E-state index in [1.165, 1.54) is 16.9 Å². The fraction of sp³-hybridized carbons (Fsp3) is 0.250. The summed E-state index contributed by atoms with van der Waals surface area (Å²) in [5.74, 6) is 0.802. The summed E-state index contributed by atoms with van der Waals surface area (Å²) in [6, 6.07) is 7.85. The zero-order valence-electron chi connectivity index (χ0n) is 12.9. The molecule has 118 valence electrons. The lowest BCUT2D eigenvalue weighted by molar-refractivity contribution is -0.116. The van der Waals surface area contributed by atoms with Crippen molar-refractivity contribution in [3.63, 3.8) is 0 Å². The van der Waals surface area contributed by atoms with Gasteiger partial charge < -0.3 is 9.73 Å². The maximum Gasteiger partial charge on any atom is 0.247 e. The molecule has 1 N–H and O–H groups in total. The molecule has 1 aromatic carbocycles. The van der Waals surface area contributed by atoms with Crippen LogP contribution in [0.15, 0.2) is 34.1 Å². The third-order valence-corrected chi connectivity index (χ3v) is 4.07. The molecule has 0 radical (unpaired) electrons. The number of benzene rings is 1. The molecule has 0 unspecified atom stereocenters. The van der Waals surface area contributed by atoms with Gasteiger partial charge in [-0.15, -0.1) is 21.5 Å². The third kappa shape index (κ3) is 4.01. The van der Waals surface area contributed by atoms with Crippen LogP contribution in [-0.4, -0.2) is 21.1 Å². The van der Waals surface area contributed by atoms with Crippen molar-refractivity contribution >= 4 is 22.4 Å². The number of hydrogen-bond acceptors (Lipinski definition) is 6. The second kappa shape index (κ2) is 6.70. The van der Waals surface area contributed by atoms with Crippen molar-refractivity contribution in [3.8, 4) is 11.5 Å². The molecule has 0 fully saturated rings. The van der Waals surface area contributed by atoms with E-state index in [0.717, 1.165) is 11.3 Å². The van der Waals surface area contributed by atoms with Gasteiger partial charge in [0.1, 0.15) is 0 Å². The first-order valence-corrected chi connectivity index (χ1v) is 8.09. The molecule has 0 bridgehead atoms. The second-order valence-electron chi connectivity index (χ2n) is 5.21. The summed E-state index contributed by atoms with van der Waals surface area (Å²) < 4.78 is 5.60. The van der Waals surface area contributed by atoms with Crippen molar-refractivity contribution in [3.05, 3.63) is 46.8 Å². The van der Waals surface area contributed by atoms with E-state index in [2.05, 4.69) is 20.5 Å². The highest BCUT2D eigenvalue weighted by Gasteiger charge is 2.11. The van der Waals surface area contributed by atoms with Crippen molar-refractivity contribution in [1.29, 1.82) is 0 Å². The van der Waals surface area contributed by atoms with Gasteiger partial charge in [-0.2, -0.15) is 0 Å². The van der Waals surface area contributed by atoms with Gasteiger partial charge in [-0.25, -0.2) is 4.98 Å². The van der Waals surface area contributed by atoms with Gasteiger partial charge in [0.25, 0.3) is 0 Å². The second-order valence-corrected chi connectivity index (χ2v) is 6.07. The SMILES string of the molecule is Cc1ccc(-c2nnc(CCC(=O)Nc3nc(C)cs3)o2)cc1. The van der Waals surface area contributed by atoms with Crippen molar-refractivity contribution in [2.75, 3.05) is 5.32 Å². The summed E-state index contributed by atoms with van der Waals surface area (Å²) >= 11 is 1.41. The quantitative estimate of drug-likeness (QED) is 0.776. The first-order chi connectivity index (χ1) is 11.1. The molecule has 0 atom stereocenters. The Morgan fingerprint density at radius 3 is 2.70 bits per heavy atom. The fourth-order valence-electron chi connectivity index (χ4n) is 1.98. The highest BCUT2D eigenvalue weighted by Crippen LogP contribution is 2.19. The molecule has 6 nitrogen and oxygen atoms in total. The number of carbonyl (C=O) groups is 1. The summed E-state index contributed by atoms with van der Waals surface area (Å²) in [5, 5.41) is 13.3. The Kier molecular flexibility index (Phi) is 4.47. The number of rotatable bonds is 5. The lowest BCUT2D eigenvalue weighted by Gasteiger charge is -1.99. The van der Waals surface area contributed by atoms with Crippen LogP contribution < -0.4 is 5.32 Å². The van der Waals surface area contributed by atoms with Crippen LogP contribution >= 0.6 is 11.3 Å². The molecule has 0 saturated heterocycles. The van der Waals surface area contributed by atoms with Crippen LogP contribution in [0.5, 0.6) is 0 Å². The number of thiazole rings is 1. The van der Waals surface area contributed by atoms with Crippen LogP contribution in [0.25, 0.3) is 11.5 Å². The van der Waals surface area contributed by atoms with Crippen LogP contribution in [0.4, 0.5) is 5.13 Å². The third-order valence-electron chi connectivity index (χ3n) is 3.20. The lowest BCUT2D eigenvalue weighted by atomic mass is 10.1. The average molecular weight is 328 g/mol. The molecule has 2 aromatic heterocycles. The number of nitrogens with one attached hydrogen (secondary N) is 1. The average Bonchev–Trinajstić information content (AvgIpc) is 3.15. The van der Waals surface area contributed by atoms with Crippen LogP contribution in [0.1, 0.15) is 23.6 Å². The highest BCUT2D eigenvalue weighted by molar-refractivity contribution is 7.13. The topological polar surface area (TPSA) is 80.9 Å². The van der Waals surface area contributed by atoms with E-state index in [1.54, 1.807) is 0 Å². The molecule has 0 aliphatic carbocycles. The number of amides is 1. The van der Waals surface area contributed by atoms with Crippen molar-refractivity contribution in [2.24, 2.45) is 0 Å². The first kappa shape index (κ1) is 15.4. The monoisotopic (exact) mass is 328 g/mol. The molecule has 0 saturated carbocycles. The first-order valence-electron chi connectivity index (χ1n) is 7.21. The molecule has 3 rings (SSSR count). The minimum atomic E-state index is -0.116. The maximum absolute atomic E-state index is 11.9. The predicted molar refractivity (Wildman–Crippen MR) is 88.3 cm³/mol. The van der Waals surface area contributed by atoms with E-state index in [1.807, 2.05) is 43.5 Å². The smallest absolute Gasteiger partial charge is 0.247 e. The van der Waals surface area contributed by atoms with Crippen LogP contribution in [0, 0.1) is 13.8 Å². The van der Waals surface area contributed by atoms with Gasteiger partial charge in [0.05, 0.1) is 5.69 Å². The minimum absolute atomic E-state index is 0.116. The van der Waals surface area contributed by atoms with E-state index < -0.39 is 0 Å². The number of nitrogens with zero attached hydrogens (tertiary/aromatic N) is 3. The van der Waals surface area contributed by atoms with Gasteiger partial charge >= 0.3 is 0 Å². The number of anilines is 1. The summed E-state index contributed by atoms with van der Waals surface area (Å²) in [6.45, 7) is 3.91. The lowest BCUT2D eigenvalue weighted by Crippen LogP contribution is -2.12. The Balaban J connectivity index is 1.56. The predicted octanol–water partition coefficient (Wildman–Crippen LogP) is 3.38. The van der Waals surface area contributed by atoms with Crippen molar-refractivity contribution in [2.45, 2.75) is 26.7 Å². The maximum atomic E-state index is 11.9. The van der Waals surface area contributed by atoms with E-state index in [4.69, 9.17) is 4.42 Å². The molecular weight excluding hydrogens is 312 g/mol. The molecular formula is C16H16N4O2S. The van der Waals surface area contributed by atoms with Gasteiger partial charge in [-0.1, -0.05) is 17.7 Å². The molecule has 0 spiro atoms. The zero-order chi connectivity index (χ0) is 16.2. The van der Waals surface area contributed by atoms with E-state index in [9.17, 15) is 4.79 Å². The van der Waals surface area contributed by atoms with Gasteiger partial charge in [0.2, 0.25) is 17.7 Å². The fourth-order valence-corrected chi connectivity index (χ4v) is 2.69. The number of carbonyl (C=O) groups excluding carboxylic acids is 1. The van der Waals surface area contributed by atoms with E-state index >= 15 is 0 Å². The Hall–Kier alpha value is -2.54. The Morgan fingerprint density at radius 2 is 2.00 bits per heavy atom. The molecule has 0 aliphatic heterocycles. The Bertz CT molecular complexity index is 808. The van der Waals surface area contributed by atoms with Crippen LogP contribution in [0.2, 0.25) is 0 Å². The summed E-state index contributed by atoms with van der Waals surface area (Å²) in [5.41, 5.74) is 2.93. The zero-order valence-corrected chi connectivity index (χ0v) is 13.7. The van der Waals surface area contributed by atoms with Gasteiger partial charge in [-0.05, 0) is 26.0 Å². The standard InChI is InChI=1S/C16H16N4O2S/c1-10-3-5-12(6-4-10)15-20-19-14(22-15)8-7-13(21)18-16-17-11(2)9-23-16/h3-6,9H,7-8H2,1-2H3,(H,17,18,21). The molecule has 23 heavy (non-hydrogen) atoms. The summed E-state index contributed by atoms with van der Waals surface area (Å²) in [7, 11) is 0. The van der Waals surface area contributed by atoms with Crippen LogP contribution in [-0.2, 0) is 11.2 Å². The van der Waals surface area contributed by atoms with Gasteiger partial charge in [0, 0.05) is 23.8 Å². The normalized spacial score (nSPS) is 10.7. The molecule has 7 heteroatoms. The molecule has 3 aromatic rings. The van der Waals surface area contributed by atoms with E-state index in [-0.39, 0.29) is 12.3 Å². The summed E-state index contributed by atoms with van der Waals surface area (Å²) in [4.78, 5) is 16.1. The number of hydrogen-bond donors (Lipinski definition) is 1. The number of aryl methyl sites for hydroxylation is 3. The molecule has 1 amide bonds. The highest BCUT2D eigenvalue weighted by atomic mass is 32.1. The molecule has 2 heterocycles. The number of aromatic nitrogens is 3. The van der Waals surface area contributed by atoms with Crippen LogP contribution in [0.3, 0.4) is 0 Å². The van der Waals surface area contributed by atoms with Crippen molar-refractivity contribution in [1.82, 2.24) is 15.2 Å². The van der Waals surface area contributed by atoms with Gasteiger partial charge in [-0.3, -0.25) is 4.79 Å². The van der Waals surface area contributed by atoms with Crippen molar-refractivity contribution < 1.29 is 9.21 Å². The largest absolute Gasteiger partial charge is 0.421 e. The molecule has 0 aliphatic rings. The Morgan fingerprint density at radius 1 is 1.22 bits per heavy atom. The summed E-state index contributed by atoms with van der Waals surface area (Å²) in [6.07, 6.45) is 0.670. The van der Waals surface area contributed by atoms with E-state index in [0.29, 0.717) is 23.3 Å². The van der Waals surface area contributed by atoms with Gasteiger partial charge in [0.15, 0.2) is 5.13 Å². The Labute approximate surface area is 137 Å². The minimum Gasteiger partial charge on any atom is -0.421 e.